The van der Waals surface area contributed by atoms with E-state index in [0.717, 1.165) is 32.6 Å². The second-order valence-electron chi connectivity index (χ2n) is 2.77. The van der Waals surface area contributed by atoms with Crippen molar-refractivity contribution in [1.29, 1.82) is 0 Å². The van der Waals surface area contributed by atoms with Crippen LogP contribution < -0.4 is 0 Å². The van der Waals surface area contributed by atoms with Crippen molar-refractivity contribution in [2.75, 3.05) is 26.8 Å². The largest absolute Gasteiger partial charge is 0.381 e. The molecule has 1 amide bonds. The first-order chi connectivity index (χ1) is 4.83. The topological polar surface area (TPSA) is 29.5 Å². The standard InChI is InChI=1S/C7H13NO2/c1-8(6-9)4-7-2-3-10-5-7/h6-7H,2-5H2,1H3. The highest BCUT2D eigenvalue weighted by molar-refractivity contribution is 5.46. The van der Waals surface area contributed by atoms with Gasteiger partial charge in [-0.05, 0) is 6.42 Å². The second kappa shape index (κ2) is 3.56. The highest BCUT2D eigenvalue weighted by atomic mass is 16.5. The predicted octanol–water partition coefficient (Wildman–Crippen LogP) is 0.111. The highest BCUT2D eigenvalue weighted by Crippen LogP contribution is 2.12. The van der Waals surface area contributed by atoms with E-state index in [4.69, 9.17) is 4.74 Å². The van der Waals surface area contributed by atoms with Gasteiger partial charge in [0.15, 0.2) is 0 Å². The molecule has 3 nitrogen and oxygen atoms in total. The van der Waals surface area contributed by atoms with Crippen LogP contribution >= 0.6 is 0 Å². The Kier molecular flexibility index (Phi) is 2.68. The molecule has 0 aromatic heterocycles. The van der Waals surface area contributed by atoms with E-state index in [1.54, 1.807) is 11.9 Å². The van der Waals surface area contributed by atoms with Crippen LogP contribution in [0, 0.1) is 5.92 Å². The Hall–Kier alpha value is -0.570. The smallest absolute Gasteiger partial charge is 0.209 e. The van der Waals surface area contributed by atoms with E-state index in [9.17, 15) is 4.79 Å². The minimum Gasteiger partial charge on any atom is -0.381 e. The first-order valence-electron chi connectivity index (χ1n) is 3.56. The third-order valence-electron chi connectivity index (χ3n) is 1.75. The van der Waals surface area contributed by atoms with Crippen molar-refractivity contribution in [1.82, 2.24) is 4.90 Å². The molecule has 1 unspecified atom stereocenters. The van der Waals surface area contributed by atoms with Crippen molar-refractivity contribution in [3.8, 4) is 0 Å². The fourth-order valence-electron chi connectivity index (χ4n) is 1.18. The van der Waals surface area contributed by atoms with Crippen molar-refractivity contribution in [3.63, 3.8) is 0 Å². The van der Waals surface area contributed by atoms with E-state index in [1.165, 1.54) is 0 Å². The molecule has 3 heteroatoms. The SMILES string of the molecule is CN(C=O)CC1CCOC1. The van der Waals surface area contributed by atoms with Crippen LogP contribution in [0.25, 0.3) is 0 Å². The summed E-state index contributed by atoms with van der Waals surface area (Å²) in [5.41, 5.74) is 0. The number of hydrogen-bond donors (Lipinski definition) is 0. The van der Waals surface area contributed by atoms with Gasteiger partial charge in [-0.15, -0.1) is 0 Å². The number of ether oxygens (including phenoxy) is 1. The van der Waals surface area contributed by atoms with E-state index in [0.29, 0.717) is 5.92 Å². The van der Waals surface area contributed by atoms with Crippen LogP contribution in [0.3, 0.4) is 0 Å². The summed E-state index contributed by atoms with van der Waals surface area (Å²) < 4.78 is 5.16. The van der Waals surface area contributed by atoms with Gasteiger partial charge in [0.1, 0.15) is 0 Å². The highest BCUT2D eigenvalue weighted by Gasteiger charge is 2.16. The molecular formula is C7H13NO2. The van der Waals surface area contributed by atoms with E-state index in [2.05, 4.69) is 0 Å². The van der Waals surface area contributed by atoms with Crippen LogP contribution in [-0.4, -0.2) is 38.1 Å². The Morgan fingerprint density at radius 1 is 1.80 bits per heavy atom. The van der Waals surface area contributed by atoms with Crippen molar-refractivity contribution in [3.05, 3.63) is 0 Å². The van der Waals surface area contributed by atoms with Crippen molar-refractivity contribution in [2.24, 2.45) is 5.92 Å². The van der Waals surface area contributed by atoms with Crippen LogP contribution in [0.15, 0.2) is 0 Å². The van der Waals surface area contributed by atoms with Gasteiger partial charge >= 0.3 is 0 Å². The summed E-state index contributed by atoms with van der Waals surface area (Å²) in [4.78, 5) is 11.8. The molecular weight excluding hydrogens is 130 g/mol. The average molecular weight is 143 g/mol. The number of carbonyl (C=O) groups is 1. The summed E-state index contributed by atoms with van der Waals surface area (Å²) in [6, 6.07) is 0. The summed E-state index contributed by atoms with van der Waals surface area (Å²) >= 11 is 0. The molecule has 0 aromatic rings. The molecule has 0 radical (unpaired) electrons. The number of hydrogen-bond acceptors (Lipinski definition) is 2. The van der Waals surface area contributed by atoms with Gasteiger partial charge in [-0.25, -0.2) is 0 Å². The van der Waals surface area contributed by atoms with Gasteiger partial charge in [0, 0.05) is 26.1 Å². The average Bonchev–Trinajstić information content (AvgIpc) is 2.40. The lowest BCUT2D eigenvalue weighted by molar-refractivity contribution is -0.117. The molecule has 0 saturated carbocycles. The first-order valence-corrected chi connectivity index (χ1v) is 3.56. The van der Waals surface area contributed by atoms with E-state index < -0.39 is 0 Å². The third kappa shape index (κ3) is 1.99. The molecule has 1 rings (SSSR count). The van der Waals surface area contributed by atoms with E-state index >= 15 is 0 Å². The molecule has 0 bridgehead atoms. The number of carbonyl (C=O) groups excluding carboxylic acids is 1. The lowest BCUT2D eigenvalue weighted by Gasteiger charge is -2.13. The van der Waals surface area contributed by atoms with Gasteiger partial charge in [-0.2, -0.15) is 0 Å². The van der Waals surface area contributed by atoms with Gasteiger partial charge in [-0.1, -0.05) is 0 Å². The number of nitrogens with zero attached hydrogens (tertiary/aromatic N) is 1. The predicted molar refractivity (Wildman–Crippen MR) is 37.6 cm³/mol. The summed E-state index contributed by atoms with van der Waals surface area (Å²) in [6.45, 7) is 2.51. The lowest BCUT2D eigenvalue weighted by atomic mass is 10.1. The molecule has 1 heterocycles. The maximum absolute atomic E-state index is 10.2. The molecule has 0 spiro atoms. The minimum absolute atomic E-state index is 0.565. The molecule has 58 valence electrons. The number of rotatable bonds is 3. The molecule has 10 heavy (non-hydrogen) atoms. The third-order valence-corrected chi connectivity index (χ3v) is 1.75. The maximum atomic E-state index is 10.2. The Morgan fingerprint density at radius 2 is 2.60 bits per heavy atom. The lowest BCUT2D eigenvalue weighted by Crippen LogP contribution is -2.24. The molecule has 0 aromatic carbocycles. The normalized spacial score (nSPS) is 24.7. The zero-order valence-corrected chi connectivity index (χ0v) is 6.25. The summed E-state index contributed by atoms with van der Waals surface area (Å²) in [6.07, 6.45) is 1.95. The zero-order chi connectivity index (χ0) is 7.40. The first kappa shape index (κ1) is 7.54. The van der Waals surface area contributed by atoms with Gasteiger partial charge in [0.2, 0.25) is 6.41 Å². The molecule has 1 aliphatic heterocycles. The van der Waals surface area contributed by atoms with Gasteiger partial charge in [-0.3, -0.25) is 4.79 Å². The van der Waals surface area contributed by atoms with Crippen molar-refractivity contribution >= 4 is 6.41 Å². The molecule has 0 aliphatic carbocycles. The van der Waals surface area contributed by atoms with Crippen molar-refractivity contribution in [2.45, 2.75) is 6.42 Å². The molecule has 1 fully saturated rings. The maximum Gasteiger partial charge on any atom is 0.209 e. The summed E-state index contributed by atoms with van der Waals surface area (Å²) in [5, 5.41) is 0. The number of amides is 1. The Balaban J connectivity index is 2.17. The monoisotopic (exact) mass is 143 g/mol. The molecule has 1 saturated heterocycles. The molecule has 1 atom stereocenters. The van der Waals surface area contributed by atoms with Crippen LogP contribution in [0.4, 0.5) is 0 Å². The second-order valence-corrected chi connectivity index (χ2v) is 2.77. The Bertz CT molecular complexity index is 110. The minimum atomic E-state index is 0.565. The Labute approximate surface area is 61.0 Å². The zero-order valence-electron chi connectivity index (χ0n) is 6.25. The van der Waals surface area contributed by atoms with E-state index in [-0.39, 0.29) is 0 Å². The quantitative estimate of drug-likeness (QED) is 0.525. The van der Waals surface area contributed by atoms with Crippen LogP contribution in [0.1, 0.15) is 6.42 Å². The summed E-state index contributed by atoms with van der Waals surface area (Å²) in [7, 11) is 1.80. The Morgan fingerprint density at radius 3 is 3.10 bits per heavy atom. The molecule has 1 aliphatic rings. The van der Waals surface area contributed by atoms with Crippen LogP contribution in [-0.2, 0) is 9.53 Å². The van der Waals surface area contributed by atoms with Gasteiger partial charge < -0.3 is 9.64 Å². The van der Waals surface area contributed by atoms with E-state index in [1.807, 2.05) is 0 Å². The van der Waals surface area contributed by atoms with Gasteiger partial charge in [0.05, 0.1) is 6.61 Å². The van der Waals surface area contributed by atoms with Crippen LogP contribution in [0.2, 0.25) is 0 Å². The fraction of sp³-hybridized carbons (Fsp3) is 0.857. The summed E-state index contributed by atoms with van der Waals surface area (Å²) in [5.74, 6) is 0.565. The van der Waals surface area contributed by atoms with Gasteiger partial charge in [0.25, 0.3) is 0 Å². The van der Waals surface area contributed by atoms with Crippen LogP contribution in [0.5, 0.6) is 0 Å². The fourth-order valence-corrected chi connectivity index (χ4v) is 1.18. The van der Waals surface area contributed by atoms with Crippen molar-refractivity contribution < 1.29 is 9.53 Å². The molecule has 0 N–H and O–H groups in total.